The monoisotopic (exact) mass is 260 g/mol. The SMILES string of the molecule is CC(C)COc1cccc(-c2ccoc2C(=O)O)c1. The second-order valence-corrected chi connectivity index (χ2v) is 4.70. The van der Waals surface area contributed by atoms with Crippen molar-refractivity contribution in [1.82, 2.24) is 0 Å². The fourth-order valence-electron chi connectivity index (χ4n) is 1.72. The Morgan fingerprint density at radius 2 is 2.16 bits per heavy atom. The van der Waals surface area contributed by atoms with Gasteiger partial charge in [0.2, 0.25) is 5.76 Å². The first-order valence-electron chi connectivity index (χ1n) is 6.12. The third-order valence-corrected chi connectivity index (χ3v) is 2.59. The molecule has 1 heterocycles. The Bertz CT molecular complexity index is 569. The van der Waals surface area contributed by atoms with Gasteiger partial charge in [0, 0.05) is 5.56 Å². The molecule has 4 heteroatoms. The van der Waals surface area contributed by atoms with Gasteiger partial charge in [-0.15, -0.1) is 0 Å². The van der Waals surface area contributed by atoms with E-state index < -0.39 is 5.97 Å². The first kappa shape index (κ1) is 13.2. The largest absolute Gasteiger partial charge is 0.493 e. The van der Waals surface area contributed by atoms with Crippen LogP contribution in [0.25, 0.3) is 11.1 Å². The second kappa shape index (κ2) is 5.61. The molecule has 0 bridgehead atoms. The second-order valence-electron chi connectivity index (χ2n) is 4.70. The van der Waals surface area contributed by atoms with Gasteiger partial charge in [-0.3, -0.25) is 0 Å². The average Bonchev–Trinajstić information content (AvgIpc) is 2.86. The quantitative estimate of drug-likeness (QED) is 0.890. The Morgan fingerprint density at radius 3 is 2.84 bits per heavy atom. The molecular weight excluding hydrogens is 244 g/mol. The number of ether oxygens (including phenoxy) is 1. The highest BCUT2D eigenvalue weighted by Gasteiger charge is 2.15. The van der Waals surface area contributed by atoms with Gasteiger partial charge in [-0.25, -0.2) is 4.79 Å². The van der Waals surface area contributed by atoms with Crippen molar-refractivity contribution in [1.29, 1.82) is 0 Å². The summed E-state index contributed by atoms with van der Waals surface area (Å²) in [5.41, 5.74) is 1.33. The van der Waals surface area contributed by atoms with Crippen LogP contribution >= 0.6 is 0 Å². The molecule has 4 nitrogen and oxygen atoms in total. The minimum absolute atomic E-state index is 0.0546. The number of furan rings is 1. The minimum Gasteiger partial charge on any atom is -0.493 e. The zero-order valence-corrected chi connectivity index (χ0v) is 10.9. The summed E-state index contributed by atoms with van der Waals surface area (Å²) >= 11 is 0. The number of hydrogen-bond acceptors (Lipinski definition) is 3. The molecule has 0 aliphatic carbocycles. The van der Waals surface area contributed by atoms with Gasteiger partial charge in [0.1, 0.15) is 5.75 Å². The molecule has 1 N–H and O–H groups in total. The Kier molecular flexibility index (Phi) is 3.90. The molecule has 0 unspecified atom stereocenters. The zero-order valence-electron chi connectivity index (χ0n) is 10.9. The van der Waals surface area contributed by atoms with E-state index in [2.05, 4.69) is 13.8 Å². The van der Waals surface area contributed by atoms with E-state index in [0.29, 0.717) is 18.1 Å². The third kappa shape index (κ3) is 3.16. The predicted octanol–water partition coefficient (Wildman–Crippen LogP) is 3.68. The number of carbonyl (C=O) groups is 1. The molecule has 2 aromatic rings. The molecule has 0 aliphatic rings. The summed E-state index contributed by atoms with van der Waals surface area (Å²) in [4.78, 5) is 11.0. The lowest BCUT2D eigenvalue weighted by Crippen LogP contribution is -2.04. The van der Waals surface area contributed by atoms with Gasteiger partial charge in [0.05, 0.1) is 12.9 Å². The van der Waals surface area contributed by atoms with E-state index in [1.165, 1.54) is 6.26 Å². The maximum absolute atomic E-state index is 11.0. The van der Waals surface area contributed by atoms with E-state index in [1.807, 2.05) is 24.3 Å². The minimum atomic E-state index is -1.08. The normalized spacial score (nSPS) is 10.7. The van der Waals surface area contributed by atoms with Gasteiger partial charge < -0.3 is 14.3 Å². The van der Waals surface area contributed by atoms with Crippen LogP contribution in [0.15, 0.2) is 41.0 Å². The highest BCUT2D eigenvalue weighted by atomic mass is 16.5. The standard InChI is InChI=1S/C15H16O4/c1-10(2)9-19-12-5-3-4-11(8-12)13-6-7-18-14(13)15(16)17/h3-8,10H,9H2,1-2H3,(H,16,17). The highest BCUT2D eigenvalue weighted by Crippen LogP contribution is 2.28. The number of aromatic carboxylic acids is 1. The summed E-state index contributed by atoms with van der Waals surface area (Å²) in [6.45, 7) is 4.77. The molecule has 0 fully saturated rings. The average molecular weight is 260 g/mol. The summed E-state index contributed by atoms with van der Waals surface area (Å²) in [5.74, 6) is 0.0328. The molecule has 0 spiro atoms. The number of hydrogen-bond donors (Lipinski definition) is 1. The molecule has 1 aromatic carbocycles. The summed E-state index contributed by atoms with van der Waals surface area (Å²) in [6.07, 6.45) is 1.38. The van der Waals surface area contributed by atoms with Crippen LogP contribution in [0.1, 0.15) is 24.4 Å². The van der Waals surface area contributed by atoms with Crippen LogP contribution in [-0.2, 0) is 0 Å². The maximum atomic E-state index is 11.0. The predicted molar refractivity (Wildman–Crippen MR) is 71.4 cm³/mol. The third-order valence-electron chi connectivity index (χ3n) is 2.59. The van der Waals surface area contributed by atoms with Crippen LogP contribution in [0.4, 0.5) is 0 Å². The Balaban J connectivity index is 2.27. The fourth-order valence-corrected chi connectivity index (χ4v) is 1.72. The van der Waals surface area contributed by atoms with Gasteiger partial charge in [0.25, 0.3) is 0 Å². The van der Waals surface area contributed by atoms with Gasteiger partial charge in [-0.1, -0.05) is 26.0 Å². The lowest BCUT2D eigenvalue weighted by molar-refractivity contribution is 0.0663. The number of benzene rings is 1. The van der Waals surface area contributed by atoms with E-state index in [1.54, 1.807) is 6.07 Å². The van der Waals surface area contributed by atoms with Crippen molar-refractivity contribution in [2.24, 2.45) is 5.92 Å². The Morgan fingerprint density at radius 1 is 1.37 bits per heavy atom. The molecule has 100 valence electrons. The first-order valence-corrected chi connectivity index (χ1v) is 6.12. The van der Waals surface area contributed by atoms with Crippen LogP contribution in [0.5, 0.6) is 5.75 Å². The molecule has 0 saturated heterocycles. The Hall–Kier alpha value is -2.23. The molecule has 19 heavy (non-hydrogen) atoms. The lowest BCUT2D eigenvalue weighted by Gasteiger charge is -2.09. The molecular formula is C15H16O4. The molecule has 0 aliphatic heterocycles. The van der Waals surface area contributed by atoms with Crippen LogP contribution in [0.2, 0.25) is 0 Å². The van der Waals surface area contributed by atoms with E-state index in [9.17, 15) is 4.79 Å². The van der Waals surface area contributed by atoms with E-state index in [4.69, 9.17) is 14.3 Å². The zero-order chi connectivity index (χ0) is 13.8. The van der Waals surface area contributed by atoms with Crippen molar-refractivity contribution in [3.63, 3.8) is 0 Å². The molecule has 0 radical (unpaired) electrons. The van der Waals surface area contributed by atoms with Gasteiger partial charge >= 0.3 is 5.97 Å². The molecule has 0 amide bonds. The van der Waals surface area contributed by atoms with Crippen molar-refractivity contribution in [2.75, 3.05) is 6.61 Å². The van der Waals surface area contributed by atoms with Crippen LogP contribution in [0.3, 0.4) is 0 Å². The van der Waals surface area contributed by atoms with Crippen LogP contribution < -0.4 is 4.74 Å². The van der Waals surface area contributed by atoms with E-state index >= 15 is 0 Å². The number of rotatable bonds is 5. The lowest BCUT2D eigenvalue weighted by atomic mass is 10.1. The van der Waals surface area contributed by atoms with Crippen molar-refractivity contribution in [3.05, 3.63) is 42.4 Å². The van der Waals surface area contributed by atoms with E-state index in [0.717, 1.165) is 11.3 Å². The summed E-state index contributed by atoms with van der Waals surface area (Å²) in [7, 11) is 0. The topological polar surface area (TPSA) is 59.7 Å². The summed E-state index contributed by atoms with van der Waals surface area (Å²) < 4.78 is 10.6. The summed E-state index contributed by atoms with van der Waals surface area (Å²) in [6, 6.07) is 8.99. The van der Waals surface area contributed by atoms with Crippen molar-refractivity contribution >= 4 is 5.97 Å². The van der Waals surface area contributed by atoms with Crippen LogP contribution in [-0.4, -0.2) is 17.7 Å². The highest BCUT2D eigenvalue weighted by molar-refractivity contribution is 5.93. The molecule has 0 atom stereocenters. The smallest absolute Gasteiger partial charge is 0.372 e. The van der Waals surface area contributed by atoms with E-state index in [-0.39, 0.29) is 5.76 Å². The molecule has 0 saturated carbocycles. The maximum Gasteiger partial charge on any atom is 0.372 e. The number of carboxylic acids is 1. The van der Waals surface area contributed by atoms with Gasteiger partial charge in [-0.05, 0) is 29.7 Å². The fraction of sp³-hybridized carbons (Fsp3) is 0.267. The molecule has 2 rings (SSSR count). The van der Waals surface area contributed by atoms with Crippen molar-refractivity contribution < 1.29 is 19.1 Å². The van der Waals surface area contributed by atoms with Gasteiger partial charge in [0.15, 0.2) is 0 Å². The van der Waals surface area contributed by atoms with Crippen molar-refractivity contribution in [3.8, 4) is 16.9 Å². The first-order chi connectivity index (χ1) is 9.08. The molecule has 1 aromatic heterocycles. The number of carboxylic acid groups (broad SMARTS) is 1. The summed E-state index contributed by atoms with van der Waals surface area (Å²) in [5, 5.41) is 9.04. The van der Waals surface area contributed by atoms with Crippen LogP contribution in [0, 0.1) is 5.92 Å². The van der Waals surface area contributed by atoms with Gasteiger partial charge in [-0.2, -0.15) is 0 Å². The Labute approximate surface area is 111 Å². The van der Waals surface area contributed by atoms with Crippen molar-refractivity contribution in [2.45, 2.75) is 13.8 Å².